The highest BCUT2D eigenvalue weighted by Crippen LogP contribution is 2.39. The number of hydrogen-bond donors (Lipinski definition) is 3. The molecule has 0 aromatic heterocycles. The Hall–Kier alpha value is -5.26. The second-order valence-corrected chi connectivity index (χ2v) is 13.1. The van der Waals surface area contributed by atoms with Crippen LogP contribution in [-0.2, 0) is 14.2 Å². The molecule has 12 nitrogen and oxygen atoms in total. The third-order valence-electron chi connectivity index (χ3n) is 6.48. The Morgan fingerprint density at radius 2 is 1.20 bits per heavy atom. The summed E-state index contributed by atoms with van der Waals surface area (Å²) in [6, 6.07) is 18.8. The molecule has 0 saturated carbocycles. The minimum atomic E-state index is -0.796. The fourth-order valence-electron chi connectivity index (χ4n) is 4.35. The van der Waals surface area contributed by atoms with Crippen molar-refractivity contribution in [2.24, 2.45) is 0 Å². The standard InChI is InChI=1S/C37H47N3O9/c1-36(2,3)48-34(43)39-18-12-20-45-31-23-28(33(42)47-24-30(41)25-14-8-7-9-15-25)32(22-27(31)26-16-10-11-17-29(26)38)46-21-13-19-40-35(44)49-37(4,5)6/h7-11,14-17,22-23H,12-13,18-21,24,38H2,1-6H3,(H,39,43)(H,40,44). The van der Waals surface area contributed by atoms with Crippen LogP contribution in [0.15, 0.2) is 66.7 Å². The lowest BCUT2D eigenvalue weighted by Crippen LogP contribution is -2.33. The molecule has 3 rings (SSSR count). The molecule has 0 fully saturated rings. The van der Waals surface area contributed by atoms with Gasteiger partial charge in [0, 0.05) is 35.5 Å². The van der Waals surface area contributed by atoms with Gasteiger partial charge in [0.05, 0.1) is 13.2 Å². The summed E-state index contributed by atoms with van der Waals surface area (Å²) in [5, 5.41) is 5.37. The van der Waals surface area contributed by atoms with E-state index in [9.17, 15) is 19.2 Å². The first-order chi connectivity index (χ1) is 23.1. The number of nitrogens with one attached hydrogen (secondary N) is 2. The summed E-state index contributed by atoms with van der Waals surface area (Å²) in [7, 11) is 0. The first-order valence-electron chi connectivity index (χ1n) is 16.1. The summed E-state index contributed by atoms with van der Waals surface area (Å²) in [6.45, 7) is 11.0. The number of carbonyl (C=O) groups is 4. The number of ether oxygens (including phenoxy) is 5. The molecule has 0 saturated heterocycles. The number of nitrogens with two attached hydrogens (primary N) is 1. The highest BCUT2D eigenvalue weighted by Gasteiger charge is 2.23. The van der Waals surface area contributed by atoms with Gasteiger partial charge in [-0.1, -0.05) is 48.5 Å². The van der Waals surface area contributed by atoms with Crippen molar-refractivity contribution in [3.8, 4) is 22.6 Å². The largest absolute Gasteiger partial charge is 0.493 e. The highest BCUT2D eigenvalue weighted by atomic mass is 16.6. The van der Waals surface area contributed by atoms with Crippen LogP contribution in [0.4, 0.5) is 15.3 Å². The molecule has 0 spiro atoms. The van der Waals surface area contributed by atoms with Crippen LogP contribution in [0.2, 0.25) is 0 Å². The topological polar surface area (TPSA) is 165 Å². The molecular formula is C37H47N3O9. The monoisotopic (exact) mass is 677 g/mol. The van der Waals surface area contributed by atoms with Crippen molar-refractivity contribution in [2.75, 3.05) is 38.6 Å². The van der Waals surface area contributed by atoms with Crippen LogP contribution in [0.3, 0.4) is 0 Å². The minimum absolute atomic E-state index is 0.0288. The Bertz CT molecular complexity index is 1580. The first-order valence-corrected chi connectivity index (χ1v) is 16.1. The fraction of sp³-hybridized carbons (Fsp3) is 0.405. The molecule has 0 aliphatic heterocycles. The van der Waals surface area contributed by atoms with E-state index in [-0.39, 0.29) is 43.4 Å². The van der Waals surface area contributed by atoms with Crippen molar-refractivity contribution < 1.29 is 42.9 Å². The van der Waals surface area contributed by atoms with Crippen LogP contribution in [0.5, 0.6) is 11.5 Å². The molecule has 49 heavy (non-hydrogen) atoms. The molecular weight excluding hydrogens is 630 g/mol. The van der Waals surface area contributed by atoms with Crippen molar-refractivity contribution >= 4 is 29.6 Å². The summed E-state index contributed by atoms with van der Waals surface area (Å²) >= 11 is 0. The summed E-state index contributed by atoms with van der Waals surface area (Å²) in [5.74, 6) is -0.676. The first kappa shape index (κ1) is 38.2. The number of nitrogen functional groups attached to an aromatic ring is 1. The third kappa shape index (κ3) is 13.4. The average Bonchev–Trinajstić information content (AvgIpc) is 3.02. The van der Waals surface area contributed by atoms with E-state index in [0.29, 0.717) is 41.0 Å². The zero-order chi connectivity index (χ0) is 36.0. The van der Waals surface area contributed by atoms with Crippen LogP contribution in [0, 0.1) is 0 Å². The zero-order valence-corrected chi connectivity index (χ0v) is 29.1. The van der Waals surface area contributed by atoms with Gasteiger partial charge < -0.3 is 40.1 Å². The van der Waals surface area contributed by atoms with Gasteiger partial charge in [-0.05, 0) is 72.6 Å². The molecule has 0 aliphatic rings. The van der Waals surface area contributed by atoms with Crippen LogP contribution >= 0.6 is 0 Å². The number of alkyl carbamates (subject to hydrolysis) is 2. The Morgan fingerprint density at radius 3 is 1.76 bits per heavy atom. The molecule has 4 N–H and O–H groups in total. The van der Waals surface area contributed by atoms with Crippen molar-refractivity contribution in [3.05, 3.63) is 77.9 Å². The molecule has 3 aromatic carbocycles. The molecule has 0 aliphatic carbocycles. The third-order valence-corrected chi connectivity index (χ3v) is 6.48. The van der Waals surface area contributed by atoms with Gasteiger partial charge in [0.1, 0.15) is 28.3 Å². The predicted molar refractivity (Wildman–Crippen MR) is 186 cm³/mol. The van der Waals surface area contributed by atoms with Crippen LogP contribution in [0.1, 0.15) is 75.1 Å². The fourth-order valence-corrected chi connectivity index (χ4v) is 4.35. The number of ketones is 1. The Morgan fingerprint density at radius 1 is 0.673 bits per heavy atom. The van der Waals surface area contributed by atoms with Crippen LogP contribution in [0.25, 0.3) is 11.1 Å². The Balaban J connectivity index is 1.83. The zero-order valence-electron chi connectivity index (χ0n) is 29.1. The van der Waals surface area contributed by atoms with Gasteiger partial charge in [0.15, 0.2) is 12.4 Å². The Labute approximate surface area is 287 Å². The minimum Gasteiger partial charge on any atom is -0.493 e. The van der Waals surface area contributed by atoms with Gasteiger partial charge in [0.2, 0.25) is 0 Å². The van der Waals surface area contributed by atoms with E-state index in [4.69, 9.17) is 29.4 Å². The molecule has 0 radical (unpaired) electrons. The number of amides is 2. The van der Waals surface area contributed by atoms with Gasteiger partial charge in [0.25, 0.3) is 0 Å². The van der Waals surface area contributed by atoms with Gasteiger partial charge in [-0.25, -0.2) is 14.4 Å². The van der Waals surface area contributed by atoms with Crippen molar-refractivity contribution in [1.29, 1.82) is 0 Å². The van der Waals surface area contributed by atoms with Gasteiger partial charge in [-0.2, -0.15) is 0 Å². The lowest BCUT2D eigenvalue weighted by molar-refractivity contribution is 0.0469. The van der Waals surface area contributed by atoms with E-state index in [2.05, 4.69) is 10.6 Å². The van der Waals surface area contributed by atoms with Crippen LogP contribution < -0.4 is 25.8 Å². The number of hydrogen-bond acceptors (Lipinski definition) is 10. The molecule has 2 amide bonds. The van der Waals surface area contributed by atoms with E-state index >= 15 is 0 Å². The second-order valence-electron chi connectivity index (χ2n) is 13.1. The number of carbonyl (C=O) groups excluding carboxylic acids is 4. The quantitative estimate of drug-likeness (QED) is 0.0527. The molecule has 0 bridgehead atoms. The summed E-state index contributed by atoms with van der Waals surface area (Å²) in [4.78, 5) is 50.2. The SMILES string of the molecule is CC(C)(C)OC(=O)NCCCOc1cc(-c2ccccc2N)c(OCCCNC(=O)OC(C)(C)C)cc1C(=O)OCC(=O)c1ccccc1. The van der Waals surface area contributed by atoms with E-state index < -0.39 is 36.0 Å². The summed E-state index contributed by atoms with van der Waals surface area (Å²) in [6.07, 6.45) is -0.268. The van der Waals surface area contributed by atoms with E-state index in [1.807, 2.05) is 12.1 Å². The van der Waals surface area contributed by atoms with Crippen molar-refractivity contribution in [1.82, 2.24) is 10.6 Å². The summed E-state index contributed by atoms with van der Waals surface area (Å²) < 4.78 is 28.2. The molecule has 3 aromatic rings. The lowest BCUT2D eigenvalue weighted by atomic mass is 10.00. The van der Waals surface area contributed by atoms with E-state index in [1.54, 1.807) is 90.1 Å². The maximum atomic E-state index is 13.5. The number of esters is 1. The van der Waals surface area contributed by atoms with Crippen molar-refractivity contribution in [2.45, 2.75) is 65.6 Å². The molecule has 0 heterocycles. The van der Waals surface area contributed by atoms with Gasteiger partial charge in [-0.15, -0.1) is 0 Å². The van der Waals surface area contributed by atoms with Crippen molar-refractivity contribution in [3.63, 3.8) is 0 Å². The predicted octanol–water partition coefficient (Wildman–Crippen LogP) is 6.56. The maximum Gasteiger partial charge on any atom is 0.407 e. The number of para-hydroxylation sites is 1. The number of anilines is 1. The summed E-state index contributed by atoms with van der Waals surface area (Å²) in [5.41, 5.74) is 7.17. The molecule has 0 atom stereocenters. The second kappa shape index (κ2) is 17.8. The number of Topliss-reactive ketones (excluding diaryl/α,β-unsaturated/α-hetero) is 1. The Kier molecular flexibility index (Phi) is 13.8. The molecule has 12 heteroatoms. The lowest BCUT2D eigenvalue weighted by Gasteiger charge is -2.20. The van der Waals surface area contributed by atoms with E-state index in [0.717, 1.165) is 0 Å². The maximum absolute atomic E-state index is 13.5. The smallest absolute Gasteiger partial charge is 0.407 e. The normalized spacial score (nSPS) is 11.2. The van der Waals surface area contributed by atoms with E-state index in [1.165, 1.54) is 6.07 Å². The average molecular weight is 678 g/mol. The molecule has 0 unspecified atom stereocenters. The number of rotatable bonds is 15. The highest BCUT2D eigenvalue weighted by molar-refractivity contribution is 6.00. The van der Waals surface area contributed by atoms with Gasteiger partial charge in [-0.3, -0.25) is 4.79 Å². The number of benzene rings is 3. The van der Waals surface area contributed by atoms with Crippen LogP contribution in [-0.4, -0.2) is 68.1 Å². The van der Waals surface area contributed by atoms with Gasteiger partial charge >= 0.3 is 18.2 Å². The molecule has 264 valence electrons.